The van der Waals surface area contributed by atoms with Crippen LogP contribution in [0.1, 0.15) is 24.3 Å². The number of rotatable bonds is 5. The standard InChI is InChI=1S/C23H31N5O4/c1-17(2)15-28-22(30)19-6-4-3-5-18(19)21(24-28)23(31)27-9-7-26(8-10-27)20(29)16-25-11-13-32-14-12-25/h3-6,17H,7-16H2,1-2H3. The molecule has 0 aliphatic carbocycles. The highest BCUT2D eigenvalue weighted by Crippen LogP contribution is 2.17. The van der Waals surface area contributed by atoms with Gasteiger partial charge >= 0.3 is 0 Å². The van der Waals surface area contributed by atoms with E-state index in [9.17, 15) is 14.4 Å². The predicted octanol–water partition coefficient (Wildman–Crippen LogP) is 0.669. The molecule has 2 aliphatic rings. The first-order valence-corrected chi connectivity index (χ1v) is 11.3. The van der Waals surface area contributed by atoms with E-state index in [2.05, 4.69) is 10.00 Å². The minimum atomic E-state index is -0.195. The zero-order valence-electron chi connectivity index (χ0n) is 18.8. The van der Waals surface area contributed by atoms with Crippen molar-refractivity contribution in [3.8, 4) is 0 Å². The highest BCUT2D eigenvalue weighted by atomic mass is 16.5. The van der Waals surface area contributed by atoms with Crippen molar-refractivity contribution in [2.24, 2.45) is 5.92 Å². The van der Waals surface area contributed by atoms with Crippen LogP contribution >= 0.6 is 0 Å². The summed E-state index contributed by atoms with van der Waals surface area (Å²) in [6.07, 6.45) is 0. The first-order chi connectivity index (χ1) is 15.4. The Balaban J connectivity index is 1.47. The summed E-state index contributed by atoms with van der Waals surface area (Å²) < 4.78 is 6.74. The summed E-state index contributed by atoms with van der Waals surface area (Å²) in [5, 5.41) is 5.54. The number of amides is 2. The maximum Gasteiger partial charge on any atom is 0.275 e. The van der Waals surface area contributed by atoms with Crippen molar-refractivity contribution >= 4 is 22.6 Å². The lowest BCUT2D eigenvalue weighted by atomic mass is 10.1. The van der Waals surface area contributed by atoms with Crippen molar-refractivity contribution in [1.29, 1.82) is 0 Å². The molecule has 2 fully saturated rings. The molecule has 0 bridgehead atoms. The lowest BCUT2D eigenvalue weighted by Gasteiger charge is -2.36. The van der Waals surface area contributed by atoms with E-state index in [4.69, 9.17) is 4.74 Å². The zero-order valence-corrected chi connectivity index (χ0v) is 18.8. The molecular formula is C23H31N5O4. The molecule has 4 rings (SSSR count). The molecule has 3 heterocycles. The van der Waals surface area contributed by atoms with Crippen LogP contribution < -0.4 is 5.56 Å². The molecule has 0 spiro atoms. The number of ether oxygens (including phenoxy) is 1. The van der Waals surface area contributed by atoms with Crippen molar-refractivity contribution in [2.75, 3.05) is 59.0 Å². The summed E-state index contributed by atoms with van der Waals surface area (Å²) in [5.41, 5.74) is 0.123. The van der Waals surface area contributed by atoms with Gasteiger partial charge in [-0.3, -0.25) is 19.3 Å². The molecule has 2 aromatic rings. The average Bonchev–Trinajstić information content (AvgIpc) is 2.81. The van der Waals surface area contributed by atoms with Gasteiger partial charge in [0, 0.05) is 51.2 Å². The summed E-state index contributed by atoms with van der Waals surface area (Å²) in [5.74, 6) is 0.123. The van der Waals surface area contributed by atoms with Crippen LogP contribution in [0.25, 0.3) is 10.8 Å². The maximum atomic E-state index is 13.4. The second kappa shape index (κ2) is 9.79. The normalized spacial score (nSPS) is 17.8. The fourth-order valence-electron chi connectivity index (χ4n) is 4.22. The highest BCUT2D eigenvalue weighted by Gasteiger charge is 2.28. The van der Waals surface area contributed by atoms with E-state index in [0.717, 1.165) is 13.1 Å². The van der Waals surface area contributed by atoms with Crippen LogP contribution in [-0.2, 0) is 16.1 Å². The third-order valence-corrected chi connectivity index (χ3v) is 5.99. The number of aromatic nitrogens is 2. The summed E-state index contributed by atoms with van der Waals surface area (Å²) in [4.78, 5) is 44.5. The van der Waals surface area contributed by atoms with Crippen LogP contribution in [0.15, 0.2) is 29.1 Å². The third kappa shape index (κ3) is 4.83. The average molecular weight is 442 g/mol. The SMILES string of the molecule is CC(C)Cn1nc(C(=O)N2CCN(C(=O)CN3CCOCC3)CC2)c2ccccc2c1=O. The summed E-state index contributed by atoms with van der Waals surface area (Å²) >= 11 is 0. The Labute approximate surface area is 187 Å². The molecule has 172 valence electrons. The zero-order chi connectivity index (χ0) is 22.7. The second-order valence-electron chi connectivity index (χ2n) is 8.84. The van der Waals surface area contributed by atoms with E-state index in [1.54, 1.807) is 23.1 Å². The summed E-state index contributed by atoms with van der Waals surface area (Å²) in [6, 6.07) is 7.14. The highest BCUT2D eigenvalue weighted by molar-refractivity contribution is 6.04. The Morgan fingerprint density at radius 3 is 2.25 bits per heavy atom. The topological polar surface area (TPSA) is 88.0 Å². The van der Waals surface area contributed by atoms with E-state index in [-0.39, 0.29) is 23.3 Å². The van der Waals surface area contributed by atoms with Gasteiger partial charge in [-0.15, -0.1) is 0 Å². The number of carbonyl (C=O) groups is 2. The number of benzene rings is 1. The van der Waals surface area contributed by atoms with E-state index in [1.807, 2.05) is 24.8 Å². The molecule has 2 amide bonds. The van der Waals surface area contributed by atoms with Gasteiger partial charge in [-0.05, 0) is 12.0 Å². The van der Waals surface area contributed by atoms with Crippen molar-refractivity contribution < 1.29 is 14.3 Å². The summed E-state index contributed by atoms with van der Waals surface area (Å²) in [6.45, 7) is 9.64. The molecule has 1 aromatic carbocycles. The van der Waals surface area contributed by atoms with Crippen LogP contribution in [0, 0.1) is 5.92 Å². The first kappa shape index (κ1) is 22.4. The number of hydrogen-bond acceptors (Lipinski definition) is 6. The molecule has 0 atom stereocenters. The molecular weight excluding hydrogens is 410 g/mol. The minimum Gasteiger partial charge on any atom is -0.379 e. The van der Waals surface area contributed by atoms with E-state index in [0.29, 0.717) is 68.9 Å². The largest absolute Gasteiger partial charge is 0.379 e. The van der Waals surface area contributed by atoms with Crippen LogP contribution in [0.2, 0.25) is 0 Å². The fraction of sp³-hybridized carbons (Fsp3) is 0.565. The number of carbonyl (C=O) groups excluding carboxylic acids is 2. The lowest BCUT2D eigenvalue weighted by Crippen LogP contribution is -2.53. The van der Waals surface area contributed by atoms with Crippen molar-refractivity contribution in [3.63, 3.8) is 0 Å². The van der Waals surface area contributed by atoms with Gasteiger partial charge in [0.1, 0.15) is 0 Å². The van der Waals surface area contributed by atoms with Crippen LogP contribution in [-0.4, -0.2) is 95.3 Å². The van der Waals surface area contributed by atoms with Gasteiger partial charge in [0.25, 0.3) is 11.5 Å². The quantitative estimate of drug-likeness (QED) is 0.678. The molecule has 32 heavy (non-hydrogen) atoms. The number of nitrogens with zero attached hydrogens (tertiary/aromatic N) is 5. The van der Waals surface area contributed by atoms with E-state index in [1.165, 1.54) is 4.68 Å². The van der Waals surface area contributed by atoms with Gasteiger partial charge in [-0.25, -0.2) is 4.68 Å². The van der Waals surface area contributed by atoms with Crippen LogP contribution in [0.5, 0.6) is 0 Å². The van der Waals surface area contributed by atoms with E-state index >= 15 is 0 Å². The lowest BCUT2D eigenvalue weighted by molar-refractivity contribution is -0.134. The van der Waals surface area contributed by atoms with Crippen molar-refractivity contribution in [2.45, 2.75) is 20.4 Å². The Bertz CT molecular complexity index is 1040. The Morgan fingerprint density at radius 2 is 1.59 bits per heavy atom. The number of piperazine rings is 1. The molecule has 2 saturated heterocycles. The number of fused-ring (bicyclic) bond motifs is 1. The van der Waals surface area contributed by atoms with Gasteiger partial charge < -0.3 is 14.5 Å². The smallest absolute Gasteiger partial charge is 0.275 e. The molecule has 9 nitrogen and oxygen atoms in total. The first-order valence-electron chi connectivity index (χ1n) is 11.3. The maximum absolute atomic E-state index is 13.4. The van der Waals surface area contributed by atoms with E-state index < -0.39 is 0 Å². The van der Waals surface area contributed by atoms with Crippen molar-refractivity contribution in [1.82, 2.24) is 24.5 Å². The Morgan fingerprint density at radius 1 is 0.969 bits per heavy atom. The van der Waals surface area contributed by atoms with Crippen LogP contribution in [0.4, 0.5) is 0 Å². The van der Waals surface area contributed by atoms with Gasteiger partial charge in [0.05, 0.1) is 25.1 Å². The molecule has 0 unspecified atom stereocenters. The third-order valence-electron chi connectivity index (χ3n) is 5.99. The van der Waals surface area contributed by atoms with Gasteiger partial charge in [-0.1, -0.05) is 32.0 Å². The predicted molar refractivity (Wildman–Crippen MR) is 121 cm³/mol. The van der Waals surface area contributed by atoms with Gasteiger partial charge in [0.15, 0.2) is 5.69 Å². The number of hydrogen-bond donors (Lipinski definition) is 0. The number of morpholine rings is 1. The molecule has 0 N–H and O–H groups in total. The monoisotopic (exact) mass is 441 g/mol. The fourth-order valence-corrected chi connectivity index (χ4v) is 4.22. The van der Waals surface area contributed by atoms with Crippen molar-refractivity contribution in [3.05, 3.63) is 40.3 Å². The molecule has 9 heteroatoms. The van der Waals surface area contributed by atoms with Gasteiger partial charge in [-0.2, -0.15) is 5.10 Å². The van der Waals surface area contributed by atoms with Crippen LogP contribution in [0.3, 0.4) is 0 Å². The molecule has 1 aromatic heterocycles. The second-order valence-corrected chi connectivity index (χ2v) is 8.84. The Kier molecular flexibility index (Phi) is 6.86. The van der Waals surface area contributed by atoms with Gasteiger partial charge in [0.2, 0.25) is 5.91 Å². The molecule has 0 saturated carbocycles. The Hall–Kier alpha value is -2.78. The minimum absolute atomic E-state index is 0.0908. The molecule has 0 radical (unpaired) electrons. The molecule has 2 aliphatic heterocycles. The summed E-state index contributed by atoms with van der Waals surface area (Å²) in [7, 11) is 0.